The molecule has 1 heterocycles. The van der Waals surface area contributed by atoms with Crippen LogP contribution >= 0.6 is 0 Å². The Kier molecular flexibility index (Phi) is 4.20. The zero-order chi connectivity index (χ0) is 12.9. The summed E-state index contributed by atoms with van der Waals surface area (Å²) in [5.41, 5.74) is 0.486. The fraction of sp³-hybridized carbons (Fsp3) is 0.417. The van der Waals surface area contributed by atoms with E-state index >= 15 is 0 Å². The first-order valence-corrected chi connectivity index (χ1v) is 5.36. The van der Waals surface area contributed by atoms with Gasteiger partial charge in [0.1, 0.15) is 6.54 Å². The molecule has 0 aromatic heterocycles. The van der Waals surface area contributed by atoms with E-state index in [0.717, 1.165) is 0 Å². The lowest BCUT2D eigenvalue weighted by molar-refractivity contribution is -0.122. The Morgan fingerprint density at radius 2 is 2.00 bits per heavy atom. The number of rotatable bonds is 3. The standard InChI is InChI=1S/C12H17N3O2/c1-12(2,3)14-11(16)9-15-6-4-10(5-7-15)8-13-17/h4-8H,9H2,1-3H3,(H,14,16). The summed E-state index contributed by atoms with van der Waals surface area (Å²) in [7, 11) is 0. The number of amides is 1. The molecule has 1 rings (SSSR count). The van der Waals surface area contributed by atoms with Gasteiger partial charge in [-0.1, -0.05) is 0 Å². The van der Waals surface area contributed by atoms with E-state index in [4.69, 9.17) is 0 Å². The van der Waals surface area contributed by atoms with Crippen LogP contribution in [0.25, 0.3) is 0 Å². The Hall–Kier alpha value is -1.91. The molecule has 0 saturated heterocycles. The molecule has 0 unspecified atom stereocenters. The Morgan fingerprint density at radius 1 is 1.41 bits per heavy atom. The molecule has 0 saturated carbocycles. The van der Waals surface area contributed by atoms with Gasteiger partial charge in [0, 0.05) is 17.9 Å². The molecule has 1 amide bonds. The highest BCUT2D eigenvalue weighted by Gasteiger charge is 2.15. The molecule has 5 heteroatoms. The zero-order valence-corrected chi connectivity index (χ0v) is 10.3. The largest absolute Gasteiger partial charge is 0.350 e. The highest BCUT2D eigenvalue weighted by atomic mass is 16.2. The van der Waals surface area contributed by atoms with Gasteiger partial charge in [-0.3, -0.25) is 4.79 Å². The molecule has 0 atom stereocenters. The topological polar surface area (TPSA) is 61.8 Å². The first-order chi connectivity index (χ1) is 7.90. The first kappa shape index (κ1) is 13.2. The van der Waals surface area contributed by atoms with Gasteiger partial charge >= 0.3 is 0 Å². The van der Waals surface area contributed by atoms with Crippen LogP contribution in [0.5, 0.6) is 0 Å². The van der Waals surface area contributed by atoms with Crippen LogP contribution in [-0.2, 0) is 4.79 Å². The molecule has 0 radical (unpaired) electrons. The number of hydrogen-bond acceptors (Lipinski definition) is 4. The van der Waals surface area contributed by atoms with Crippen molar-refractivity contribution < 1.29 is 4.79 Å². The minimum atomic E-state index is -0.229. The quantitative estimate of drug-likeness (QED) is 0.760. The summed E-state index contributed by atoms with van der Waals surface area (Å²) < 4.78 is 0. The van der Waals surface area contributed by atoms with Gasteiger partial charge in [0.25, 0.3) is 0 Å². The summed E-state index contributed by atoms with van der Waals surface area (Å²) in [5, 5.41) is 5.55. The molecular formula is C12H17N3O2. The molecule has 5 nitrogen and oxygen atoms in total. The monoisotopic (exact) mass is 235 g/mol. The first-order valence-electron chi connectivity index (χ1n) is 5.36. The van der Waals surface area contributed by atoms with Crippen LogP contribution in [0.2, 0.25) is 0 Å². The Balaban J connectivity index is 2.49. The van der Waals surface area contributed by atoms with E-state index in [1.54, 1.807) is 29.5 Å². The van der Waals surface area contributed by atoms with Crippen molar-refractivity contribution in [3.63, 3.8) is 0 Å². The molecule has 92 valence electrons. The summed E-state index contributed by atoms with van der Waals surface area (Å²) >= 11 is 0. The number of allylic oxidation sites excluding steroid dienone is 3. The van der Waals surface area contributed by atoms with Crippen LogP contribution < -0.4 is 5.32 Å². The molecule has 17 heavy (non-hydrogen) atoms. The van der Waals surface area contributed by atoms with Gasteiger partial charge in [-0.05, 0) is 43.7 Å². The molecule has 0 aromatic rings. The number of carbonyl (C=O) groups is 1. The van der Waals surface area contributed by atoms with Crippen LogP contribution in [0.1, 0.15) is 20.8 Å². The van der Waals surface area contributed by atoms with Crippen LogP contribution in [0.4, 0.5) is 0 Å². The second-order valence-electron chi connectivity index (χ2n) is 4.84. The van der Waals surface area contributed by atoms with Gasteiger partial charge in [0.05, 0.1) is 6.20 Å². The number of nitroso groups, excluding NO2 is 1. The van der Waals surface area contributed by atoms with E-state index in [1.807, 2.05) is 20.8 Å². The van der Waals surface area contributed by atoms with E-state index in [1.165, 1.54) is 6.20 Å². The van der Waals surface area contributed by atoms with Crippen molar-refractivity contribution in [2.45, 2.75) is 26.3 Å². The lowest BCUT2D eigenvalue weighted by atomic mass is 10.1. The van der Waals surface area contributed by atoms with E-state index < -0.39 is 0 Å². The Bertz CT molecular complexity index is 373. The highest BCUT2D eigenvalue weighted by Crippen LogP contribution is 2.09. The van der Waals surface area contributed by atoms with Crippen molar-refractivity contribution in [2.24, 2.45) is 5.18 Å². The van der Waals surface area contributed by atoms with Gasteiger partial charge in [-0.15, -0.1) is 4.91 Å². The average Bonchev–Trinajstić information content (AvgIpc) is 2.18. The molecule has 1 aliphatic rings. The van der Waals surface area contributed by atoms with E-state index in [0.29, 0.717) is 5.57 Å². The SMILES string of the molecule is CC(C)(C)NC(=O)CN1C=CC(=CN=O)C=C1. The van der Waals surface area contributed by atoms with Gasteiger partial charge in [0.15, 0.2) is 0 Å². The van der Waals surface area contributed by atoms with Crippen LogP contribution in [0.15, 0.2) is 41.5 Å². The summed E-state index contributed by atoms with van der Waals surface area (Å²) in [4.78, 5) is 23.4. The van der Waals surface area contributed by atoms with Crippen LogP contribution in [0, 0.1) is 4.91 Å². The van der Waals surface area contributed by atoms with Gasteiger partial charge in [0.2, 0.25) is 5.91 Å². The van der Waals surface area contributed by atoms with Crippen LogP contribution in [0.3, 0.4) is 0 Å². The number of carbonyl (C=O) groups excluding carboxylic acids is 1. The lowest BCUT2D eigenvalue weighted by Crippen LogP contribution is -2.44. The minimum absolute atomic E-state index is 0.0484. The summed E-state index contributed by atoms with van der Waals surface area (Å²) in [5.74, 6) is -0.0484. The smallest absolute Gasteiger partial charge is 0.240 e. The fourth-order valence-electron chi connectivity index (χ4n) is 1.34. The molecule has 0 bridgehead atoms. The normalized spacial score (nSPS) is 14.8. The highest BCUT2D eigenvalue weighted by molar-refractivity contribution is 5.79. The third-order valence-corrected chi connectivity index (χ3v) is 1.96. The third kappa shape index (κ3) is 5.10. The zero-order valence-electron chi connectivity index (χ0n) is 10.3. The number of hydrogen-bond donors (Lipinski definition) is 1. The predicted octanol–water partition coefficient (Wildman–Crippen LogP) is 1.89. The number of nitrogens with one attached hydrogen (secondary N) is 1. The maximum Gasteiger partial charge on any atom is 0.240 e. The summed E-state index contributed by atoms with van der Waals surface area (Å²) in [6, 6.07) is 0. The molecule has 1 aliphatic heterocycles. The van der Waals surface area contributed by atoms with E-state index in [-0.39, 0.29) is 18.0 Å². The summed E-state index contributed by atoms with van der Waals surface area (Å²) in [6.07, 6.45) is 8.15. The number of nitrogens with zero attached hydrogens (tertiary/aromatic N) is 2. The van der Waals surface area contributed by atoms with Crippen molar-refractivity contribution in [2.75, 3.05) is 6.54 Å². The van der Waals surface area contributed by atoms with Crippen LogP contribution in [-0.4, -0.2) is 22.9 Å². The molecule has 0 fully saturated rings. The van der Waals surface area contributed by atoms with Gasteiger partial charge in [-0.25, -0.2) is 0 Å². The van der Waals surface area contributed by atoms with E-state index in [2.05, 4.69) is 10.5 Å². The fourth-order valence-corrected chi connectivity index (χ4v) is 1.34. The van der Waals surface area contributed by atoms with Gasteiger partial charge in [-0.2, -0.15) is 0 Å². The second kappa shape index (κ2) is 5.43. The van der Waals surface area contributed by atoms with Crippen molar-refractivity contribution >= 4 is 5.91 Å². The Labute approximate surface area is 101 Å². The Morgan fingerprint density at radius 3 is 2.47 bits per heavy atom. The minimum Gasteiger partial charge on any atom is -0.350 e. The van der Waals surface area contributed by atoms with Crippen molar-refractivity contribution in [3.8, 4) is 0 Å². The van der Waals surface area contributed by atoms with Crippen molar-refractivity contribution in [1.29, 1.82) is 0 Å². The molecule has 0 aromatic carbocycles. The van der Waals surface area contributed by atoms with Crippen molar-refractivity contribution in [1.82, 2.24) is 10.2 Å². The van der Waals surface area contributed by atoms with Crippen molar-refractivity contribution in [3.05, 3.63) is 41.2 Å². The molecular weight excluding hydrogens is 218 g/mol. The third-order valence-electron chi connectivity index (χ3n) is 1.96. The molecule has 0 aliphatic carbocycles. The predicted molar refractivity (Wildman–Crippen MR) is 66.8 cm³/mol. The molecule has 1 N–H and O–H groups in total. The maximum absolute atomic E-state index is 11.6. The van der Waals surface area contributed by atoms with E-state index in [9.17, 15) is 9.70 Å². The van der Waals surface area contributed by atoms with Gasteiger partial charge < -0.3 is 10.2 Å². The second-order valence-corrected chi connectivity index (χ2v) is 4.84. The maximum atomic E-state index is 11.6. The molecule has 0 spiro atoms. The lowest BCUT2D eigenvalue weighted by Gasteiger charge is -2.23. The summed E-state index contributed by atoms with van der Waals surface area (Å²) in [6.45, 7) is 6.06. The average molecular weight is 235 g/mol.